The van der Waals surface area contributed by atoms with Crippen molar-refractivity contribution in [3.8, 4) is 0 Å². The van der Waals surface area contributed by atoms with Gasteiger partial charge in [0.1, 0.15) is 10.7 Å². The molecule has 0 bridgehead atoms. The van der Waals surface area contributed by atoms with Gasteiger partial charge in [0.15, 0.2) is 0 Å². The fourth-order valence-corrected chi connectivity index (χ4v) is 2.52. The molecule has 28 heavy (non-hydrogen) atoms. The van der Waals surface area contributed by atoms with Crippen LogP contribution in [-0.4, -0.2) is 19.8 Å². The third-order valence-electron chi connectivity index (χ3n) is 3.81. The third-order valence-corrected chi connectivity index (χ3v) is 3.81. The first-order chi connectivity index (χ1) is 13.3. The van der Waals surface area contributed by atoms with Crippen molar-refractivity contribution in [1.82, 2.24) is 9.97 Å². The summed E-state index contributed by atoms with van der Waals surface area (Å²) in [5.41, 5.74) is -1.19. The standard InChI is InChI=1S/C18H12N4O6/c23-17-14(9-11-4-3-6-13(8-11)21(25)26)19-18(24)15(20-17)10-12-5-1-2-7-16(12)22(27)28/h1-10H,(H,19,24)(H,20,23). The van der Waals surface area contributed by atoms with Gasteiger partial charge < -0.3 is 9.97 Å². The van der Waals surface area contributed by atoms with Gasteiger partial charge in [0.25, 0.3) is 22.5 Å². The first kappa shape index (κ1) is 18.5. The summed E-state index contributed by atoms with van der Waals surface area (Å²) in [5, 5.41) is 21.6. The number of nitrogens with one attached hydrogen (secondary N) is 2. The number of rotatable bonds is 4. The second-order valence-electron chi connectivity index (χ2n) is 5.69. The molecule has 140 valence electrons. The summed E-state index contributed by atoms with van der Waals surface area (Å²) in [4.78, 5) is 50.1. The van der Waals surface area contributed by atoms with Crippen LogP contribution in [-0.2, 0) is 0 Å². The number of aromatic amines is 2. The van der Waals surface area contributed by atoms with Crippen LogP contribution < -0.4 is 21.8 Å². The molecule has 3 rings (SSSR count). The van der Waals surface area contributed by atoms with E-state index in [-0.39, 0.29) is 27.6 Å². The molecule has 3 aromatic rings. The number of benzene rings is 2. The number of nitro benzene ring substituents is 2. The van der Waals surface area contributed by atoms with Crippen molar-refractivity contribution in [2.24, 2.45) is 0 Å². The van der Waals surface area contributed by atoms with E-state index in [0.717, 1.165) is 0 Å². The lowest BCUT2D eigenvalue weighted by Crippen LogP contribution is -2.46. The molecule has 0 spiro atoms. The molecule has 0 saturated heterocycles. The molecular formula is C18H12N4O6. The zero-order valence-corrected chi connectivity index (χ0v) is 14.1. The van der Waals surface area contributed by atoms with Crippen LogP contribution in [0.1, 0.15) is 11.1 Å². The highest BCUT2D eigenvalue weighted by molar-refractivity contribution is 5.59. The molecule has 10 nitrogen and oxygen atoms in total. The highest BCUT2D eigenvalue weighted by Gasteiger charge is 2.10. The van der Waals surface area contributed by atoms with Crippen molar-refractivity contribution in [2.75, 3.05) is 0 Å². The Kier molecular flexibility index (Phi) is 4.94. The Bertz CT molecular complexity index is 1320. The molecule has 0 aliphatic heterocycles. The quantitative estimate of drug-likeness (QED) is 0.498. The Balaban J connectivity index is 2.14. The van der Waals surface area contributed by atoms with Crippen molar-refractivity contribution in [1.29, 1.82) is 0 Å². The van der Waals surface area contributed by atoms with Crippen LogP contribution in [0.15, 0.2) is 58.1 Å². The van der Waals surface area contributed by atoms with Gasteiger partial charge in [-0.3, -0.25) is 29.8 Å². The lowest BCUT2D eigenvalue weighted by molar-refractivity contribution is -0.385. The normalized spacial score (nSPS) is 12.1. The van der Waals surface area contributed by atoms with Gasteiger partial charge in [-0.15, -0.1) is 0 Å². The Labute approximate surface area is 155 Å². The number of H-pyrrole nitrogens is 2. The van der Waals surface area contributed by atoms with Crippen molar-refractivity contribution in [3.05, 3.63) is 111 Å². The summed E-state index contributed by atoms with van der Waals surface area (Å²) in [6.45, 7) is 0. The van der Waals surface area contributed by atoms with Gasteiger partial charge in [-0.05, 0) is 23.8 Å². The lowest BCUT2D eigenvalue weighted by Gasteiger charge is -1.97. The van der Waals surface area contributed by atoms with Gasteiger partial charge in [-0.1, -0.05) is 24.3 Å². The summed E-state index contributed by atoms with van der Waals surface area (Å²) < 4.78 is 0. The van der Waals surface area contributed by atoms with Gasteiger partial charge in [0, 0.05) is 18.2 Å². The monoisotopic (exact) mass is 380 g/mol. The molecule has 0 atom stereocenters. The van der Waals surface area contributed by atoms with Crippen LogP contribution in [0.3, 0.4) is 0 Å². The van der Waals surface area contributed by atoms with E-state index in [9.17, 15) is 29.8 Å². The van der Waals surface area contributed by atoms with Crippen LogP contribution in [0.2, 0.25) is 0 Å². The largest absolute Gasteiger partial charge is 0.316 e. The molecular weight excluding hydrogens is 368 g/mol. The minimum atomic E-state index is -0.672. The van der Waals surface area contributed by atoms with E-state index in [2.05, 4.69) is 9.97 Å². The zero-order valence-electron chi connectivity index (χ0n) is 14.1. The number of nitrogens with zero attached hydrogens (tertiary/aromatic N) is 2. The van der Waals surface area contributed by atoms with E-state index in [1.54, 1.807) is 6.07 Å². The third kappa shape index (κ3) is 3.90. The minimum absolute atomic E-state index is 0.106. The number of hydrogen-bond acceptors (Lipinski definition) is 6. The lowest BCUT2D eigenvalue weighted by atomic mass is 10.1. The fraction of sp³-hybridized carbons (Fsp3) is 0. The maximum absolute atomic E-state index is 12.3. The number of non-ortho nitro benzene ring substituents is 1. The van der Waals surface area contributed by atoms with Crippen LogP contribution >= 0.6 is 0 Å². The van der Waals surface area contributed by atoms with Gasteiger partial charge in [-0.2, -0.15) is 0 Å². The molecule has 0 aliphatic carbocycles. The molecule has 0 saturated carbocycles. The van der Waals surface area contributed by atoms with E-state index in [1.807, 2.05) is 0 Å². The Morgan fingerprint density at radius 1 is 0.786 bits per heavy atom. The molecule has 0 amide bonds. The first-order valence-electron chi connectivity index (χ1n) is 7.89. The average molecular weight is 380 g/mol. The maximum atomic E-state index is 12.3. The number of hydrogen-bond donors (Lipinski definition) is 2. The van der Waals surface area contributed by atoms with Crippen molar-refractivity contribution in [3.63, 3.8) is 0 Å². The maximum Gasteiger partial charge on any atom is 0.276 e. The Morgan fingerprint density at radius 2 is 1.43 bits per heavy atom. The summed E-state index contributed by atoms with van der Waals surface area (Å²) in [5.74, 6) is 0. The summed E-state index contributed by atoms with van der Waals surface area (Å²) in [7, 11) is 0. The molecule has 0 fully saturated rings. The van der Waals surface area contributed by atoms with Crippen LogP contribution in [0, 0.1) is 20.2 Å². The SMILES string of the molecule is O=c1[nH]c(=Cc2ccccc2[N+](=O)[O-])c(=O)[nH]c1=Cc1cccc([N+](=O)[O-])c1. The van der Waals surface area contributed by atoms with Crippen molar-refractivity contribution < 1.29 is 9.85 Å². The number of para-hydroxylation sites is 1. The minimum Gasteiger partial charge on any atom is -0.316 e. The molecule has 0 unspecified atom stereocenters. The zero-order chi connectivity index (χ0) is 20.3. The molecule has 2 aromatic carbocycles. The average Bonchev–Trinajstić information content (AvgIpc) is 2.66. The number of nitro groups is 2. The van der Waals surface area contributed by atoms with E-state index in [4.69, 9.17) is 0 Å². The fourth-order valence-electron chi connectivity index (χ4n) is 2.52. The van der Waals surface area contributed by atoms with Gasteiger partial charge in [-0.25, -0.2) is 0 Å². The highest BCUT2D eigenvalue weighted by Crippen LogP contribution is 2.17. The van der Waals surface area contributed by atoms with Crippen LogP contribution in [0.5, 0.6) is 0 Å². The second kappa shape index (κ2) is 7.50. The molecule has 1 heterocycles. The van der Waals surface area contributed by atoms with Crippen molar-refractivity contribution in [2.45, 2.75) is 0 Å². The van der Waals surface area contributed by atoms with E-state index in [0.29, 0.717) is 5.56 Å². The summed E-state index contributed by atoms with van der Waals surface area (Å²) >= 11 is 0. The first-order valence-corrected chi connectivity index (χ1v) is 7.89. The Morgan fingerprint density at radius 3 is 2.07 bits per heavy atom. The second-order valence-corrected chi connectivity index (χ2v) is 5.69. The number of aromatic nitrogens is 2. The highest BCUT2D eigenvalue weighted by atomic mass is 16.6. The van der Waals surface area contributed by atoms with E-state index >= 15 is 0 Å². The smallest absolute Gasteiger partial charge is 0.276 e. The predicted molar refractivity (Wildman–Crippen MR) is 100 cm³/mol. The summed E-state index contributed by atoms with van der Waals surface area (Å²) in [6.07, 6.45) is 2.50. The van der Waals surface area contributed by atoms with Crippen LogP contribution in [0.25, 0.3) is 12.2 Å². The molecule has 10 heteroatoms. The van der Waals surface area contributed by atoms with Crippen LogP contribution in [0.4, 0.5) is 11.4 Å². The van der Waals surface area contributed by atoms with Gasteiger partial charge >= 0.3 is 0 Å². The summed E-state index contributed by atoms with van der Waals surface area (Å²) in [6, 6.07) is 11.3. The van der Waals surface area contributed by atoms with Gasteiger partial charge in [0.05, 0.1) is 15.4 Å². The Hall–Kier alpha value is -4.34. The molecule has 1 aromatic heterocycles. The predicted octanol–water partition coefficient (Wildman–Crippen LogP) is 0.537. The molecule has 2 N–H and O–H groups in total. The molecule has 0 radical (unpaired) electrons. The van der Waals surface area contributed by atoms with E-state index < -0.39 is 21.0 Å². The van der Waals surface area contributed by atoms with E-state index in [1.165, 1.54) is 54.6 Å². The topological polar surface area (TPSA) is 152 Å². The van der Waals surface area contributed by atoms with Gasteiger partial charge in [0.2, 0.25) is 0 Å². The van der Waals surface area contributed by atoms with Crippen molar-refractivity contribution >= 4 is 23.5 Å². The molecule has 0 aliphatic rings.